The van der Waals surface area contributed by atoms with Gasteiger partial charge in [-0.2, -0.15) is 0 Å². The van der Waals surface area contributed by atoms with Gasteiger partial charge in [0.15, 0.2) is 0 Å². The second kappa shape index (κ2) is 23.2. The largest absolute Gasteiger partial charge is 0.347 e. The van der Waals surface area contributed by atoms with Gasteiger partial charge >= 0.3 is 0 Å². The van der Waals surface area contributed by atoms with Crippen LogP contribution in [-0.4, -0.2) is 109 Å². The van der Waals surface area contributed by atoms with Crippen LogP contribution in [0.25, 0.3) is 0 Å². The van der Waals surface area contributed by atoms with Crippen LogP contribution in [0, 0.1) is 23.7 Å². The van der Waals surface area contributed by atoms with E-state index in [1.807, 2.05) is 24.3 Å². The summed E-state index contributed by atoms with van der Waals surface area (Å²) < 4.78 is 0. The summed E-state index contributed by atoms with van der Waals surface area (Å²) in [5, 5.41) is 18.2. The molecule has 5 aliphatic rings. The Balaban J connectivity index is 1.04. The molecule has 14 nitrogen and oxygen atoms in total. The van der Waals surface area contributed by atoms with E-state index in [0.717, 1.165) is 67.2 Å². The number of nitrogens with zero attached hydrogens (tertiary/aromatic N) is 2. The number of hydrogen-bond donors (Lipinski definition) is 6. The number of carbonyl (C=O) groups excluding carboxylic acids is 6. The van der Waals surface area contributed by atoms with Crippen molar-refractivity contribution in [3.8, 4) is 23.7 Å². The normalized spacial score (nSPS) is 22.6. The molecule has 3 aliphatic carbocycles. The van der Waals surface area contributed by atoms with E-state index in [0.29, 0.717) is 51.6 Å². The molecular weight excluding hydrogens is 845 g/mol. The van der Waals surface area contributed by atoms with Crippen molar-refractivity contribution in [2.24, 2.45) is 0 Å². The molecule has 2 aromatic carbocycles. The predicted octanol–water partition coefficient (Wildman–Crippen LogP) is 3.81. The molecule has 6 amide bonds. The number of benzene rings is 2. The molecule has 2 aromatic rings. The molecule has 2 fully saturated rings. The Labute approximate surface area is 396 Å². The number of nitrogens with one attached hydrogen (secondary N) is 6. The highest BCUT2D eigenvalue weighted by Crippen LogP contribution is 2.32. The summed E-state index contributed by atoms with van der Waals surface area (Å²) in [6.45, 7) is 4.24. The van der Waals surface area contributed by atoms with Crippen molar-refractivity contribution >= 4 is 35.4 Å². The van der Waals surface area contributed by atoms with Crippen molar-refractivity contribution in [3.63, 3.8) is 0 Å². The average molecular weight is 913 g/mol. The topological polar surface area (TPSA) is 181 Å². The van der Waals surface area contributed by atoms with Crippen molar-refractivity contribution in [2.45, 2.75) is 158 Å². The molecule has 356 valence electrons. The fourth-order valence-electron chi connectivity index (χ4n) is 10.1. The first-order valence-electron chi connectivity index (χ1n) is 24.5. The molecule has 7 rings (SSSR count). The van der Waals surface area contributed by atoms with Crippen LogP contribution in [0.5, 0.6) is 0 Å². The number of rotatable bonds is 14. The van der Waals surface area contributed by atoms with E-state index in [1.54, 1.807) is 37.7 Å². The zero-order valence-corrected chi connectivity index (χ0v) is 39.6. The van der Waals surface area contributed by atoms with Crippen molar-refractivity contribution in [1.29, 1.82) is 0 Å². The quantitative estimate of drug-likeness (QED) is 0.155. The van der Waals surface area contributed by atoms with Crippen LogP contribution in [0.15, 0.2) is 59.7 Å². The van der Waals surface area contributed by atoms with Gasteiger partial charge in [-0.25, -0.2) is 0 Å². The van der Waals surface area contributed by atoms with Crippen LogP contribution in [-0.2, 0) is 41.6 Å². The Morgan fingerprint density at radius 3 is 1.40 bits per heavy atom. The number of amides is 6. The third-order valence-corrected chi connectivity index (χ3v) is 14.2. The molecule has 2 heterocycles. The van der Waals surface area contributed by atoms with Gasteiger partial charge in [-0.05, 0) is 134 Å². The maximum atomic E-state index is 14.3. The standard InChI is InChI=1S/C53H68N8O6/c1-34(54-3)48(62)58-44(52(66)60-32-14-30-46(60)50(64)56-42-26-12-22-38-16-5-7-24-40(38)42)28-10-20-36-18-9-19-37(36)21-11-29-45(59-49(63)35(2)55-4)53(67)61-33-15-31-47(61)51(65)57-43-27-13-23-39-17-6-8-25-41(39)43/h5-8,16-17,24-25,34-35,42-47,54-55H,9,12-15,18-19,22-23,26-33H2,1-4H3,(H,56,64)(H,57,65)(H,58,62)(H,59,63)/t34-,35-,42+,43+,44-,45-,46-,47-/m0/s1. The van der Waals surface area contributed by atoms with Crippen LogP contribution in [0.4, 0.5) is 0 Å². The first-order valence-corrected chi connectivity index (χ1v) is 24.5. The van der Waals surface area contributed by atoms with E-state index < -0.39 is 36.3 Å². The molecule has 0 bridgehead atoms. The van der Waals surface area contributed by atoms with Crippen molar-refractivity contribution in [3.05, 3.63) is 81.9 Å². The third kappa shape index (κ3) is 12.0. The predicted molar refractivity (Wildman–Crippen MR) is 257 cm³/mol. The van der Waals surface area contributed by atoms with Gasteiger partial charge in [0.25, 0.3) is 0 Å². The minimum atomic E-state index is -0.971. The lowest BCUT2D eigenvalue weighted by Crippen LogP contribution is -2.55. The first-order chi connectivity index (χ1) is 32.5. The Morgan fingerprint density at radius 2 is 0.985 bits per heavy atom. The Kier molecular flexibility index (Phi) is 16.9. The molecule has 14 heteroatoms. The third-order valence-electron chi connectivity index (χ3n) is 14.2. The second-order valence-electron chi connectivity index (χ2n) is 18.6. The smallest absolute Gasteiger partial charge is 0.246 e. The van der Waals surface area contributed by atoms with E-state index >= 15 is 0 Å². The molecule has 0 unspecified atom stereocenters. The van der Waals surface area contributed by atoms with Gasteiger partial charge in [-0.1, -0.05) is 72.2 Å². The van der Waals surface area contributed by atoms with Crippen LogP contribution < -0.4 is 31.9 Å². The van der Waals surface area contributed by atoms with E-state index in [4.69, 9.17) is 0 Å². The molecule has 6 N–H and O–H groups in total. The molecule has 0 radical (unpaired) electrons. The zero-order chi connectivity index (χ0) is 47.5. The Bertz CT molecular complexity index is 2180. The van der Waals surface area contributed by atoms with Gasteiger partial charge in [0.05, 0.1) is 24.2 Å². The lowest BCUT2D eigenvalue weighted by Gasteiger charge is -2.31. The number of allylic oxidation sites excluding steroid dienone is 2. The number of hydrogen-bond acceptors (Lipinski definition) is 8. The number of aryl methyl sites for hydroxylation is 2. The van der Waals surface area contributed by atoms with Crippen molar-refractivity contribution in [2.75, 3.05) is 27.2 Å². The van der Waals surface area contributed by atoms with Gasteiger partial charge < -0.3 is 41.7 Å². The molecule has 0 spiro atoms. The van der Waals surface area contributed by atoms with Crippen LogP contribution >= 0.6 is 0 Å². The van der Waals surface area contributed by atoms with E-state index in [-0.39, 0.29) is 60.4 Å². The number of carbonyl (C=O) groups is 6. The summed E-state index contributed by atoms with van der Waals surface area (Å²) in [6, 6.07) is 11.8. The molecule has 67 heavy (non-hydrogen) atoms. The number of likely N-dealkylation sites (N-methyl/N-ethyl adjacent to an activating group) is 2. The molecule has 2 aliphatic heterocycles. The highest BCUT2D eigenvalue weighted by atomic mass is 16.2. The SMILES string of the molecule is CN[C@@H](C)C(=O)N[C@@H](CC#CC1=C(C#CC[C@H](NC(=O)[C@H](C)NC)C(=O)N2CCC[C@H]2C(=O)N[C@@H]2CCCc3ccccc32)CCC1)C(=O)N1CCC[C@H]1C(=O)N[C@@H]1CCCc2ccccc21. The van der Waals surface area contributed by atoms with E-state index in [1.165, 1.54) is 11.1 Å². The van der Waals surface area contributed by atoms with Crippen LogP contribution in [0.3, 0.4) is 0 Å². The summed E-state index contributed by atoms with van der Waals surface area (Å²) in [5.41, 5.74) is 6.39. The lowest BCUT2D eigenvalue weighted by atomic mass is 9.87. The minimum absolute atomic E-state index is 0.0378. The maximum absolute atomic E-state index is 14.3. The number of likely N-dealkylation sites (tertiary alicyclic amines) is 2. The molecule has 8 atom stereocenters. The Hall–Kier alpha value is -5.96. The lowest BCUT2D eigenvalue weighted by molar-refractivity contribution is -0.141. The highest BCUT2D eigenvalue weighted by molar-refractivity contribution is 5.95. The summed E-state index contributed by atoms with van der Waals surface area (Å²) in [5.74, 6) is 11.1. The fourth-order valence-corrected chi connectivity index (χ4v) is 10.1. The van der Waals surface area contributed by atoms with Crippen LogP contribution in [0.1, 0.15) is 132 Å². The molecule has 0 saturated carbocycles. The highest BCUT2D eigenvalue weighted by Gasteiger charge is 2.40. The first kappa shape index (κ1) is 49.0. The van der Waals surface area contributed by atoms with Gasteiger partial charge in [-0.3, -0.25) is 28.8 Å². The minimum Gasteiger partial charge on any atom is -0.347 e. The van der Waals surface area contributed by atoms with Gasteiger partial charge in [-0.15, -0.1) is 0 Å². The van der Waals surface area contributed by atoms with Crippen LogP contribution in [0.2, 0.25) is 0 Å². The summed E-state index contributed by atoms with van der Waals surface area (Å²) in [6.07, 6.45) is 10.3. The fraction of sp³-hybridized carbons (Fsp3) is 0.547. The Morgan fingerprint density at radius 1 is 0.567 bits per heavy atom. The molecule has 2 saturated heterocycles. The monoisotopic (exact) mass is 913 g/mol. The van der Waals surface area contributed by atoms with Gasteiger partial charge in [0.1, 0.15) is 24.2 Å². The molecule has 0 aromatic heterocycles. The second-order valence-corrected chi connectivity index (χ2v) is 18.6. The zero-order valence-electron chi connectivity index (χ0n) is 39.6. The van der Waals surface area contributed by atoms with Crippen molar-refractivity contribution < 1.29 is 28.8 Å². The van der Waals surface area contributed by atoms with Gasteiger partial charge in [0.2, 0.25) is 35.4 Å². The summed E-state index contributed by atoms with van der Waals surface area (Å²) in [7, 11) is 3.35. The van der Waals surface area contributed by atoms with Crippen molar-refractivity contribution in [1.82, 2.24) is 41.7 Å². The van der Waals surface area contributed by atoms with Gasteiger partial charge in [0, 0.05) is 37.1 Å². The summed E-state index contributed by atoms with van der Waals surface area (Å²) in [4.78, 5) is 85.8. The maximum Gasteiger partial charge on any atom is 0.246 e. The van der Waals surface area contributed by atoms with E-state index in [9.17, 15) is 28.8 Å². The number of fused-ring (bicyclic) bond motifs is 2. The summed E-state index contributed by atoms with van der Waals surface area (Å²) >= 11 is 0. The average Bonchev–Trinajstić information content (AvgIpc) is 4.15. The van der Waals surface area contributed by atoms with E-state index in [2.05, 4.69) is 79.8 Å². The molecular formula is C53H68N8O6.